The zero-order chi connectivity index (χ0) is 18.1. The maximum absolute atomic E-state index is 11.9. The Balaban J connectivity index is 1.67. The molecule has 4 N–H and O–H groups in total. The highest BCUT2D eigenvalue weighted by Gasteiger charge is 2.10. The van der Waals surface area contributed by atoms with E-state index in [0.29, 0.717) is 17.1 Å². The molecule has 0 aliphatic carbocycles. The van der Waals surface area contributed by atoms with Crippen LogP contribution in [0.5, 0.6) is 0 Å². The van der Waals surface area contributed by atoms with E-state index in [9.17, 15) is 9.59 Å². The summed E-state index contributed by atoms with van der Waals surface area (Å²) in [5, 5.41) is 6.03. The molecule has 0 fully saturated rings. The number of rotatable bonds is 5. The first-order valence-electron chi connectivity index (χ1n) is 7.45. The molecule has 0 aliphatic rings. The molecule has 8 heteroatoms. The first kappa shape index (κ1) is 18.7. The summed E-state index contributed by atoms with van der Waals surface area (Å²) in [6.07, 6.45) is 0. The van der Waals surface area contributed by atoms with Gasteiger partial charge in [-0.15, -0.1) is 0 Å². The fraction of sp³-hybridized carbons (Fsp3) is 0.118. The lowest BCUT2D eigenvalue weighted by Crippen LogP contribution is -2.49. The average molecular weight is 377 g/mol. The van der Waals surface area contributed by atoms with Crippen LogP contribution in [0.25, 0.3) is 0 Å². The molecule has 0 bridgehead atoms. The fourth-order valence-electron chi connectivity index (χ4n) is 1.89. The fourth-order valence-corrected chi connectivity index (χ4v) is 2.24. The molecule has 0 unspecified atom stereocenters. The van der Waals surface area contributed by atoms with Crippen LogP contribution in [0.2, 0.25) is 5.02 Å². The largest absolute Gasteiger partial charge is 0.357 e. The van der Waals surface area contributed by atoms with E-state index in [1.165, 1.54) is 0 Å². The van der Waals surface area contributed by atoms with Gasteiger partial charge in [0.15, 0.2) is 5.11 Å². The molecular formula is C17H17ClN4O2S. The molecule has 6 nitrogen and oxygen atoms in total. The van der Waals surface area contributed by atoms with Crippen molar-refractivity contribution >= 4 is 40.7 Å². The van der Waals surface area contributed by atoms with Crippen molar-refractivity contribution in [3.8, 4) is 0 Å². The summed E-state index contributed by atoms with van der Waals surface area (Å²) >= 11 is 11.0. The predicted octanol–water partition coefficient (Wildman–Crippen LogP) is 1.77. The minimum Gasteiger partial charge on any atom is -0.357 e. The molecule has 2 aromatic carbocycles. The van der Waals surface area contributed by atoms with Crippen LogP contribution in [0.1, 0.15) is 15.9 Å². The third-order valence-corrected chi connectivity index (χ3v) is 3.72. The summed E-state index contributed by atoms with van der Waals surface area (Å²) in [4.78, 5) is 23.7. The van der Waals surface area contributed by atoms with Gasteiger partial charge < -0.3 is 10.6 Å². The van der Waals surface area contributed by atoms with Crippen molar-refractivity contribution in [3.63, 3.8) is 0 Å². The van der Waals surface area contributed by atoms with Crippen molar-refractivity contribution in [2.24, 2.45) is 0 Å². The summed E-state index contributed by atoms with van der Waals surface area (Å²) in [6, 6.07) is 16.3. The number of carbonyl (C=O) groups is 2. The van der Waals surface area contributed by atoms with Crippen molar-refractivity contribution in [2.45, 2.75) is 6.54 Å². The third-order valence-electron chi connectivity index (χ3n) is 3.14. The Hall–Kier alpha value is -2.64. The van der Waals surface area contributed by atoms with Gasteiger partial charge >= 0.3 is 0 Å². The zero-order valence-corrected chi connectivity index (χ0v) is 14.8. The predicted molar refractivity (Wildman–Crippen MR) is 101 cm³/mol. The number of hydrogen-bond acceptors (Lipinski definition) is 3. The average Bonchev–Trinajstić information content (AvgIpc) is 2.64. The number of carbonyl (C=O) groups excluding carboxylic acids is 2. The van der Waals surface area contributed by atoms with Crippen molar-refractivity contribution < 1.29 is 9.59 Å². The van der Waals surface area contributed by atoms with Crippen LogP contribution in [0.15, 0.2) is 54.6 Å². The molecule has 0 spiro atoms. The molecule has 0 aliphatic heterocycles. The van der Waals surface area contributed by atoms with E-state index < -0.39 is 11.8 Å². The Kier molecular flexibility index (Phi) is 7.18. The maximum atomic E-state index is 11.9. The van der Waals surface area contributed by atoms with Crippen LogP contribution in [0, 0.1) is 0 Å². The number of hydrazine groups is 1. The maximum Gasteiger partial charge on any atom is 0.257 e. The van der Waals surface area contributed by atoms with Gasteiger partial charge in [-0.1, -0.05) is 54.1 Å². The van der Waals surface area contributed by atoms with Crippen molar-refractivity contribution in [1.82, 2.24) is 21.5 Å². The van der Waals surface area contributed by atoms with Crippen LogP contribution < -0.4 is 21.5 Å². The van der Waals surface area contributed by atoms with E-state index in [2.05, 4.69) is 21.5 Å². The number of halogens is 1. The smallest absolute Gasteiger partial charge is 0.257 e. The van der Waals surface area contributed by atoms with E-state index in [1.54, 1.807) is 24.3 Å². The van der Waals surface area contributed by atoms with Gasteiger partial charge in [0.25, 0.3) is 11.8 Å². The van der Waals surface area contributed by atoms with Crippen LogP contribution in [0.4, 0.5) is 0 Å². The second-order valence-corrected chi connectivity index (χ2v) is 5.82. The molecule has 2 rings (SSSR count). The lowest BCUT2D eigenvalue weighted by Gasteiger charge is -2.12. The molecule has 0 saturated carbocycles. The molecule has 25 heavy (non-hydrogen) atoms. The Morgan fingerprint density at radius 2 is 1.60 bits per heavy atom. The SMILES string of the molecule is O=C(CNC(=O)c1ccccc1Cl)NNC(=S)NCc1ccccc1. The lowest BCUT2D eigenvalue weighted by atomic mass is 10.2. The Morgan fingerprint density at radius 1 is 0.920 bits per heavy atom. The Bertz CT molecular complexity index is 755. The van der Waals surface area contributed by atoms with Gasteiger partial charge in [-0.3, -0.25) is 20.4 Å². The van der Waals surface area contributed by atoms with Crippen LogP contribution >= 0.6 is 23.8 Å². The summed E-state index contributed by atoms with van der Waals surface area (Å²) in [5.74, 6) is -0.866. The monoisotopic (exact) mass is 376 g/mol. The van der Waals surface area contributed by atoms with Gasteiger partial charge in [0.1, 0.15) is 0 Å². The number of benzene rings is 2. The van der Waals surface area contributed by atoms with Crippen LogP contribution in [-0.2, 0) is 11.3 Å². The van der Waals surface area contributed by atoms with Crippen LogP contribution in [-0.4, -0.2) is 23.5 Å². The number of amides is 2. The number of nitrogens with one attached hydrogen (secondary N) is 4. The molecule has 0 heterocycles. The second kappa shape index (κ2) is 9.61. The summed E-state index contributed by atoms with van der Waals surface area (Å²) < 4.78 is 0. The van der Waals surface area contributed by atoms with Gasteiger partial charge in [0.05, 0.1) is 17.1 Å². The second-order valence-electron chi connectivity index (χ2n) is 5.00. The first-order chi connectivity index (χ1) is 12.1. The summed E-state index contributed by atoms with van der Waals surface area (Å²) in [6.45, 7) is 0.324. The van der Waals surface area contributed by atoms with Gasteiger partial charge in [-0.25, -0.2) is 0 Å². The van der Waals surface area contributed by atoms with Gasteiger partial charge in [-0.05, 0) is 29.9 Å². The minimum atomic E-state index is -0.440. The molecule has 0 radical (unpaired) electrons. The molecular weight excluding hydrogens is 360 g/mol. The molecule has 0 aromatic heterocycles. The number of thiocarbonyl (C=S) groups is 1. The highest BCUT2D eigenvalue weighted by Crippen LogP contribution is 2.14. The standard InChI is InChI=1S/C17H17ClN4O2S/c18-14-9-5-4-8-13(14)16(24)19-11-15(23)21-22-17(25)20-10-12-6-2-1-3-7-12/h1-9H,10-11H2,(H,19,24)(H,21,23)(H2,20,22,25). The van der Waals surface area contributed by atoms with E-state index in [1.807, 2.05) is 30.3 Å². The quantitative estimate of drug-likeness (QED) is 0.472. The third kappa shape index (κ3) is 6.40. The molecule has 130 valence electrons. The summed E-state index contributed by atoms with van der Waals surface area (Å²) in [7, 11) is 0. The molecule has 0 saturated heterocycles. The van der Waals surface area contributed by atoms with E-state index in [4.69, 9.17) is 23.8 Å². The summed E-state index contributed by atoms with van der Waals surface area (Å²) in [5.41, 5.74) is 6.34. The van der Waals surface area contributed by atoms with Gasteiger partial charge in [0, 0.05) is 6.54 Å². The van der Waals surface area contributed by atoms with Gasteiger partial charge in [0.2, 0.25) is 0 Å². The first-order valence-corrected chi connectivity index (χ1v) is 8.24. The van der Waals surface area contributed by atoms with E-state index in [0.717, 1.165) is 5.56 Å². The van der Waals surface area contributed by atoms with Crippen molar-refractivity contribution in [3.05, 3.63) is 70.7 Å². The molecule has 2 aromatic rings. The van der Waals surface area contributed by atoms with E-state index >= 15 is 0 Å². The normalized spacial score (nSPS) is 9.80. The molecule has 0 atom stereocenters. The highest BCUT2D eigenvalue weighted by atomic mass is 35.5. The Labute approximate surface area is 155 Å². The van der Waals surface area contributed by atoms with Gasteiger partial charge in [-0.2, -0.15) is 0 Å². The Morgan fingerprint density at radius 3 is 2.32 bits per heavy atom. The lowest BCUT2D eigenvalue weighted by molar-refractivity contribution is -0.120. The van der Waals surface area contributed by atoms with Crippen molar-refractivity contribution in [2.75, 3.05) is 6.54 Å². The zero-order valence-electron chi connectivity index (χ0n) is 13.2. The number of hydrogen-bond donors (Lipinski definition) is 4. The molecule has 2 amide bonds. The minimum absolute atomic E-state index is 0.210. The van der Waals surface area contributed by atoms with Crippen molar-refractivity contribution in [1.29, 1.82) is 0 Å². The van der Waals surface area contributed by atoms with Crippen LogP contribution in [0.3, 0.4) is 0 Å². The highest BCUT2D eigenvalue weighted by molar-refractivity contribution is 7.80. The topological polar surface area (TPSA) is 82.3 Å². The van der Waals surface area contributed by atoms with E-state index in [-0.39, 0.29) is 11.7 Å².